The Balaban J connectivity index is 1.39. The van der Waals surface area contributed by atoms with Crippen LogP contribution in [0.4, 0.5) is 11.8 Å². The van der Waals surface area contributed by atoms with E-state index in [2.05, 4.69) is 36.5 Å². The first-order valence-corrected chi connectivity index (χ1v) is 10.5. The molecular formula is C22H23N9O. The van der Waals surface area contributed by atoms with Crippen molar-refractivity contribution >= 4 is 11.8 Å². The fraction of sp³-hybridized carbons (Fsp3) is 0.273. The molecule has 1 fully saturated rings. The largest absolute Gasteiger partial charge is 0.369 e. The topological polar surface area (TPSA) is 155 Å². The molecule has 10 nitrogen and oxygen atoms in total. The van der Waals surface area contributed by atoms with Crippen LogP contribution < -0.4 is 16.8 Å². The summed E-state index contributed by atoms with van der Waals surface area (Å²) < 4.78 is 5.59. The van der Waals surface area contributed by atoms with Crippen LogP contribution >= 0.6 is 0 Å². The Morgan fingerprint density at radius 1 is 0.938 bits per heavy atom. The molecule has 4 aromatic rings. The molecule has 0 unspecified atom stereocenters. The van der Waals surface area contributed by atoms with Crippen LogP contribution in [0.25, 0.3) is 22.7 Å². The van der Waals surface area contributed by atoms with E-state index in [0.717, 1.165) is 47.5 Å². The van der Waals surface area contributed by atoms with Gasteiger partial charge in [-0.2, -0.15) is 4.98 Å². The standard InChI is InChI=1S/C22H23N9O/c23-8-9-25-18-5-2-14(10-27-18)19-30-20(31-32-19)22(6-1-7-22)16-3-4-17(26-13-16)15-11-28-21(24)29-12-15/h2-5,10-13H,1,6-9,23H2,(H,25,27)(H2,24,28,29). The van der Waals surface area contributed by atoms with Gasteiger partial charge in [-0.25, -0.2) is 15.0 Å². The second-order valence-electron chi connectivity index (χ2n) is 7.77. The fourth-order valence-electron chi connectivity index (χ4n) is 3.85. The van der Waals surface area contributed by atoms with Gasteiger partial charge in [-0.1, -0.05) is 17.6 Å². The van der Waals surface area contributed by atoms with Crippen LogP contribution in [0.2, 0.25) is 0 Å². The van der Waals surface area contributed by atoms with Crippen molar-refractivity contribution in [1.82, 2.24) is 30.1 Å². The number of hydrogen-bond donors (Lipinski definition) is 3. The smallest absolute Gasteiger partial charge is 0.259 e. The third kappa shape index (κ3) is 3.65. The summed E-state index contributed by atoms with van der Waals surface area (Å²) in [6.45, 7) is 1.21. The maximum Gasteiger partial charge on any atom is 0.259 e. The first-order chi connectivity index (χ1) is 15.7. The highest BCUT2D eigenvalue weighted by Gasteiger charge is 2.44. The zero-order valence-electron chi connectivity index (χ0n) is 17.4. The number of hydrogen-bond acceptors (Lipinski definition) is 10. The molecule has 162 valence electrons. The number of nitrogens with two attached hydrogens (primary N) is 2. The zero-order chi connectivity index (χ0) is 22.0. The van der Waals surface area contributed by atoms with Gasteiger partial charge < -0.3 is 21.3 Å². The fourth-order valence-corrected chi connectivity index (χ4v) is 3.85. The molecule has 10 heteroatoms. The average Bonchev–Trinajstić information content (AvgIpc) is 3.29. The van der Waals surface area contributed by atoms with E-state index in [4.69, 9.17) is 21.0 Å². The Kier molecular flexibility index (Phi) is 5.20. The normalized spacial score (nSPS) is 14.7. The lowest BCUT2D eigenvalue weighted by atomic mass is 9.64. The van der Waals surface area contributed by atoms with Crippen molar-refractivity contribution in [3.05, 3.63) is 60.4 Å². The van der Waals surface area contributed by atoms with Crippen molar-refractivity contribution in [2.75, 3.05) is 24.1 Å². The number of pyridine rings is 2. The SMILES string of the molecule is NCCNc1ccc(-c2nc(C3(c4ccc(-c5cnc(N)nc5)nc4)CCC3)no2)cn1. The van der Waals surface area contributed by atoms with E-state index in [1.54, 1.807) is 18.6 Å². The van der Waals surface area contributed by atoms with Crippen molar-refractivity contribution in [2.24, 2.45) is 5.73 Å². The Morgan fingerprint density at radius 3 is 2.38 bits per heavy atom. The lowest BCUT2D eigenvalue weighted by molar-refractivity contribution is 0.272. The predicted molar refractivity (Wildman–Crippen MR) is 119 cm³/mol. The minimum absolute atomic E-state index is 0.239. The molecule has 0 amide bonds. The molecule has 32 heavy (non-hydrogen) atoms. The summed E-state index contributed by atoms with van der Waals surface area (Å²) in [7, 11) is 0. The van der Waals surface area contributed by atoms with E-state index >= 15 is 0 Å². The zero-order valence-corrected chi connectivity index (χ0v) is 17.4. The molecular weight excluding hydrogens is 406 g/mol. The van der Waals surface area contributed by atoms with E-state index in [0.29, 0.717) is 24.8 Å². The number of aromatic nitrogens is 6. The summed E-state index contributed by atoms with van der Waals surface area (Å²) in [4.78, 5) is 21.8. The number of nitrogens with zero attached hydrogens (tertiary/aromatic N) is 6. The minimum atomic E-state index is -0.291. The summed E-state index contributed by atoms with van der Waals surface area (Å²) in [5, 5.41) is 7.46. The molecule has 0 spiro atoms. The van der Waals surface area contributed by atoms with Crippen molar-refractivity contribution in [3.8, 4) is 22.7 Å². The molecule has 1 aliphatic rings. The highest BCUT2D eigenvalue weighted by molar-refractivity contribution is 5.58. The first-order valence-electron chi connectivity index (χ1n) is 10.5. The van der Waals surface area contributed by atoms with Crippen LogP contribution in [0.1, 0.15) is 30.7 Å². The minimum Gasteiger partial charge on any atom is -0.369 e. The number of nitrogen functional groups attached to an aromatic ring is 1. The lowest BCUT2D eigenvalue weighted by Gasteiger charge is -2.39. The van der Waals surface area contributed by atoms with E-state index in [1.807, 2.05) is 24.4 Å². The van der Waals surface area contributed by atoms with Gasteiger partial charge in [-0.3, -0.25) is 4.98 Å². The van der Waals surface area contributed by atoms with Gasteiger partial charge in [0.1, 0.15) is 5.82 Å². The molecule has 1 aliphatic carbocycles. The van der Waals surface area contributed by atoms with Crippen LogP contribution in [0.15, 0.2) is 53.6 Å². The maximum absolute atomic E-state index is 5.59. The lowest BCUT2D eigenvalue weighted by Crippen LogP contribution is -2.36. The predicted octanol–water partition coefficient (Wildman–Crippen LogP) is 2.41. The molecule has 0 radical (unpaired) electrons. The van der Waals surface area contributed by atoms with Gasteiger partial charge >= 0.3 is 0 Å². The highest BCUT2D eigenvalue weighted by atomic mass is 16.5. The van der Waals surface area contributed by atoms with Crippen molar-refractivity contribution in [3.63, 3.8) is 0 Å². The third-order valence-corrected chi connectivity index (χ3v) is 5.81. The molecule has 0 bridgehead atoms. The van der Waals surface area contributed by atoms with E-state index in [9.17, 15) is 0 Å². The number of anilines is 2. The van der Waals surface area contributed by atoms with Crippen LogP contribution in [-0.4, -0.2) is 43.2 Å². The van der Waals surface area contributed by atoms with Gasteiger partial charge in [-0.15, -0.1) is 0 Å². The first kappa shape index (κ1) is 20.0. The molecule has 5 rings (SSSR count). The van der Waals surface area contributed by atoms with Crippen molar-refractivity contribution in [2.45, 2.75) is 24.7 Å². The molecule has 0 saturated heterocycles. The Bertz CT molecular complexity index is 1180. The maximum atomic E-state index is 5.59. The summed E-state index contributed by atoms with van der Waals surface area (Å²) in [5.41, 5.74) is 14.2. The van der Waals surface area contributed by atoms with Crippen LogP contribution in [-0.2, 0) is 5.41 Å². The van der Waals surface area contributed by atoms with Gasteiger partial charge in [0.15, 0.2) is 5.82 Å². The monoisotopic (exact) mass is 429 g/mol. The molecule has 4 heterocycles. The highest BCUT2D eigenvalue weighted by Crippen LogP contribution is 2.48. The summed E-state index contributed by atoms with van der Waals surface area (Å²) >= 11 is 0. The Labute approximate surface area is 184 Å². The van der Waals surface area contributed by atoms with Gasteiger partial charge in [0.05, 0.1) is 16.7 Å². The second-order valence-corrected chi connectivity index (χ2v) is 7.77. The van der Waals surface area contributed by atoms with Crippen LogP contribution in [0.5, 0.6) is 0 Å². The van der Waals surface area contributed by atoms with Gasteiger partial charge in [0.25, 0.3) is 5.89 Å². The Hall–Kier alpha value is -3.92. The molecule has 1 saturated carbocycles. The molecule has 4 aromatic heterocycles. The molecule has 0 atom stereocenters. The quantitative estimate of drug-likeness (QED) is 0.399. The molecule has 0 aromatic carbocycles. The summed E-state index contributed by atoms with van der Waals surface area (Å²) in [6, 6.07) is 7.80. The Morgan fingerprint density at radius 2 is 1.75 bits per heavy atom. The van der Waals surface area contributed by atoms with Gasteiger partial charge in [0, 0.05) is 43.4 Å². The summed E-state index contributed by atoms with van der Waals surface area (Å²) in [6.07, 6.45) is 9.91. The third-order valence-electron chi connectivity index (χ3n) is 5.81. The van der Waals surface area contributed by atoms with E-state index < -0.39 is 0 Å². The average molecular weight is 429 g/mol. The molecule has 5 N–H and O–H groups in total. The van der Waals surface area contributed by atoms with Gasteiger partial charge in [-0.05, 0) is 36.6 Å². The molecule has 0 aliphatic heterocycles. The van der Waals surface area contributed by atoms with Gasteiger partial charge in [0.2, 0.25) is 5.95 Å². The van der Waals surface area contributed by atoms with E-state index in [-0.39, 0.29) is 11.4 Å². The van der Waals surface area contributed by atoms with Crippen LogP contribution in [0, 0.1) is 0 Å². The summed E-state index contributed by atoms with van der Waals surface area (Å²) in [5.74, 6) is 2.12. The number of nitrogens with one attached hydrogen (secondary N) is 1. The second kappa shape index (κ2) is 8.31. The van der Waals surface area contributed by atoms with Crippen LogP contribution in [0.3, 0.4) is 0 Å². The number of rotatable bonds is 7. The van der Waals surface area contributed by atoms with Crippen molar-refractivity contribution in [1.29, 1.82) is 0 Å². The van der Waals surface area contributed by atoms with Crippen molar-refractivity contribution < 1.29 is 4.52 Å². The van der Waals surface area contributed by atoms with E-state index in [1.165, 1.54) is 0 Å².